The number of ether oxygens (including phenoxy) is 3. The van der Waals surface area contributed by atoms with Crippen molar-refractivity contribution in [1.29, 1.82) is 0 Å². The molecule has 0 aliphatic carbocycles. The largest absolute Gasteiger partial charge is 0.508 e. The molecular weight excluding hydrogens is 420 g/mol. The first-order valence-electron chi connectivity index (χ1n) is 9.96. The van der Waals surface area contributed by atoms with E-state index < -0.39 is 43.3 Å². The van der Waals surface area contributed by atoms with Gasteiger partial charge in [-0.25, -0.2) is 4.79 Å². The van der Waals surface area contributed by atoms with Gasteiger partial charge in [0.2, 0.25) is 6.29 Å². The summed E-state index contributed by atoms with van der Waals surface area (Å²) in [6, 6.07) is 9.09. The van der Waals surface area contributed by atoms with E-state index in [0.717, 1.165) is 0 Å². The van der Waals surface area contributed by atoms with Crippen molar-refractivity contribution >= 4 is 12.0 Å². The summed E-state index contributed by atoms with van der Waals surface area (Å²) in [5.41, 5.74) is 1.86. The van der Waals surface area contributed by atoms with Crippen molar-refractivity contribution in [2.45, 2.75) is 44.6 Å². The molecule has 0 saturated carbocycles. The molecule has 172 valence electrons. The van der Waals surface area contributed by atoms with E-state index in [-0.39, 0.29) is 11.5 Å². The van der Waals surface area contributed by atoms with Gasteiger partial charge in [0.15, 0.2) is 0 Å². The molecule has 0 aromatic heterocycles. The number of phenolic OH excluding ortho intramolecular Hbond substituents is 2. The molecule has 1 aliphatic heterocycles. The standard InChI is InChI=1S/C23H26O9/c1-12-13(2)17(9-8-16(12)25)31-23-22(29)21(28)20(27)18(32-23)11-30-19(26)10-5-14-3-6-15(24)7-4-14/h3-10,18,20-25,27-29H,11H2,1-2H3. The molecule has 0 bridgehead atoms. The second-order valence-electron chi connectivity index (χ2n) is 7.52. The van der Waals surface area contributed by atoms with E-state index in [1.165, 1.54) is 36.4 Å². The minimum Gasteiger partial charge on any atom is -0.508 e. The first-order chi connectivity index (χ1) is 15.2. The summed E-state index contributed by atoms with van der Waals surface area (Å²) >= 11 is 0. The van der Waals surface area contributed by atoms with Gasteiger partial charge in [0.05, 0.1) is 0 Å². The van der Waals surface area contributed by atoms with Crippen LogP contribution in [0.1, 0.15) is 16.7 Å². The van der Waals surface area contributed by atoms with Crippen molar-refractivity contribution in [3.63, 3.8) is 0 Å². The molecule has 0 spiro atoms. The van der Waals surface area contributed by atoms with Crippen LogP contribution in [0.15, 0.2) is 42.5 Å². The molecule has 0 radical (unpaired) electrons. The number of carbonyl (C=O) groups excluding carboxylic acids is 1. The highest BCUT2D eigenvalue weighted by molar-refractivity contribution is 5.87. The zero-order valence-corrected chi connectivity index (χ0v) is 17.6. The highest BCUT2D eigenvalue weighted by Crippen LogP contribution is 2.31. The summed E-state index contributed by atoms with van der Waals surface area (Å²) < 4.78 is 16.3. The van der Waals surface area contributed by atoms with Gasteiger partial charge in [0.25, 0.3) is 0 Å². The molecular formula is C23H26O9. The smallest absolute Gasteiger partial charge is 0.330 e. The van der Waals surface area contributed by atoms with E-state index in [0.29, 0.717) is 22.4 Å². The van der Waals surface area contributed by atoms with Gasteiger partial charge in [0, 0.05) is 6.08 Å². The number of aliphatic hydroxyl groups excluding tert-OH is 3. The first-order valence-corrected chi connectivity index (χ1v) is 9.96. The van der Waals surface area contributed by atoms with Gasteiger partial charge in [0.1, 0.15) is 48.3 Å². The quantitative estimate of drug-likeness (QED) is 0.326. The van der Waals surface area contributed by atoms with E-state index in [9.17, 15) is 30.3 Å². The molecule has 0 amide bonds. The zero-order valence-electron chi connectivity index (χ0n) is 17.6. The Morgan fingerprint density at radius 3 is 2.34 bits per heavy atom. The predicted octanol–water partition coefficient (Wildman–Crippen LogP) is 1.16. The number of hydrogen-bond acceptors (Lipinski definition) is 9. The van der Waals surface area contributed by atoms with Crippen LogP contribution in [0.5, 0.6) is 17.2 Å². The molecule has 1 aliphatic rings. The summed E-state index contributed by atoms with van der Waals surface area (Å²) in [5.74, 6) is -0.207. The minimum absolute atomic E-state index is 0.0839. The first kappa shape index (κ1) is 23.6. The Balaban J connectivity index is 1.63. The Hall–Kier alpha value is -3.11. The summed E-state index contributed by atoms with van der Waals surface area (Å²) in [6.07, 6.45) is -4.50. The van der Waals surface area contributed by atoms with Crippen molar-refractivity contribution in [3.8, 4) is 17.2 Å². The lowest BCUT2D eigenvalue weighted by Gasteiger charge is -2.40. The van der Waals surface area contributed by atoms with Gasteiger partial charge in [-0.2, -0.15) is 0 Å². The van der Waals surface area contributed by atoms with Gasteiger partial charge < -0.3 is 39.7 Å². The van der Waals surface area contributed by atoms with Gasteiger partial charge in [-0.15, -0.1) is 0 Å². The zero-order chi connectivity index (χ0) is 23.4. The fourth-order valence-electron chi connectivity index (χ4n) is 3.15. The fraction of sp³-hybridized carbons (Fsp3) is 0.348. The summed E-state index contributed by atoms with van der Waals surface area (Å²) in [7, 11) is 0. The number of aliphatic hydroxyl groups is 3. The summed E-state index contributed by atoms with van der Waals surface area (Å²) in [4.78, 5) is 12.0. The summed E-state index contributed by atoms with van der Waals surface area (Å²) in [5, 5.41) is 49.7. The number of esters is 1. The van der Waals surface area contributed by atoms with Crippen LogP contribution < -0.4 is 4.74 Å². The van der Waals surface area contributed by atoms with Crippen LogP contribution in [0.25, 0.3) is 6.08 Å². The van der Waals surface area contributed by atoms with Crippen LogP contribution in [0.4, 0.5) is 0 Å². The molecule has 5 unspecified atom stereocenters. The second kappa shape index (κ2) is 10.0. The highest BCUT2D eigenvalue weighted by atomic mass is 16.7. The number of carbonyl (C=O) groups is 1. The molecule has 2 aromatic rings. The topological polar surface area (TPSA) is 146 Å². The average Bonchev–Trinajstić information content (AvgIpc) is 2.78. The van der Waals surface area contributed by atoms with E-state index in [1.807, 2.05) is 0 Å². The lowest BCUT2D eigenvalue weighted by molar-refractivity contribution is -0.278. The van der Waals surface area contributed by atoms with Crippen molar-refractivity contribution < 1.29 is 44.5 Å². The van der Waals surface area contributed by atoms with Crippen LogP contribution in [0, 0.1) is 13.8 Å². The lowest BCUT2D eigenvalue weighted by Crippen LogP contribution is -2.60. The average molecular weight is 446 g/mol. The van der Waals surface area contributed by atoms with Gasteiger partial charge in [-0.3, -0.25) is 0 Å². The monoisotopic (exact) mass is 446 g/mol. The molecule has 2 aromatic carbocycles. The van der Waals surface area contributed by atoms with Gasteiger partial charge >= 0.3 is 5.97 Å². The Morgan fingerprint density at radius 2 is 1.66 bits per heavy atom. The van der Waals surface area contributed by atoms with E-state index in [2.05, 4.69) is 0 Å². The maximum Gasteiger partial charge on any atom is 0.330 e. The normalized spacial score (nSPS) is 25.6. The minimum atomic E-state index is -1.59. The Morgan fingerprint density at radius 1 is 0.969 bits per heavy atom. The molecule has 32 heavy (non-hydrogen) atoms. The number of phenols is 2. The SMILES string of the molecule is Cc1c(O)ccc(OC2OC(COC(=O)C=Cc3ccc(O)cc3)C(O)C(O)C2O)c1C. The Bertz CT molecular complexity index is 970. The van der Waals surface area contributed by atoms with Crippen molar-refractivity contribution in [1.82, 2.24) is 0 Å². The van der Waals surface area contributed by atoms with E-state index in [1.54, 1.807) is 26.0 Å². The molecule has 9 heteroatoms. The molecule has 1 fully saturated rings. The van der Waals surface area contributed by atoms with Crippen LogP contribution in [0.3, 0.4) is 0 Å². The number of aromatic hydroxyl groups is 2. The fourth-order valence-corrected chi connectivity index (χ4v) is 3.15. The summed E-state index contributed by atoms with van der Waals surface area (Å²) in [6.45, 7) is 3.02. The lowest BCUT2D eigenvalue weighted by atomic mass is 9.99. The van der Waals surface area contributed by atoms with Crippen LogP contribution >= 0.6 is 0 Å². The van der Waals surface area contributed by atoms with Crippen LogP contribution in [-0.4, -0.2) is 68.8 Å². The van der Waals surface area contributed by atoms with E-state index >= 15 is 0 Å². The maximum atomic E-state index is 12.0. The maximum absolute atomic E-state index is 12.0. The molecule has 5 atom stereocenters. The molecule has 5 N–H and O–H groups in total. The molecule has 1 heterocycles. The van der Waals surface area contributed by atoms with Crippen molar-refractivity contribution in [2.24, 2.45) is 0 Å². The highest BCUT2D eigenvalue weighted by Gasteiger charge is 2.45. The predicted molar refractivity (Wildman–Crippen MR) is 113 cm³/mol. The van der Waals surface area contributed by atoms with Crippen molar-refractivity contribution in [2.75, 3.05) is 6.61 Å². The second-order valence-corrected chi connectivity index (χ2v) is 7.52. The molecule has 3 rings (SSSR count). The third-order valence-corrected chi connectivity index (χ3v) is 5.32. The number of hydrogen-bond donors (Lipinski definition) is 5. The van der Waals surface area contributed by atoms with Crippen LogP contribution in [-0.2, 0) is 14.3 Å². The van der Waals surface area contributed by atoms with Gasteiger partial charge in [-0.05, 0) is 60.9 Å². The number of rotatable bonds is 6. The van der Waals surface area contributed by atoms with Gasteiger partial charge in [-0.1, -0.05) is 12.1 Å². The number of benzene rings is 2. The third kappa shape index (κ3) is 5.38. The Kier molecular flexibility index (Phi) is 7.37. The Labute approximate surface area is 184 Å². The third-order valence-electron chi connectivity index (χ3n) is 5.32. The molecule has 1 saturated heterocycles. The molecule has 9 nitrogen and oxygen atoms in total. The van der Waals surface area contributed by atoms with Crippen LogP contribution in [0.2, 0.25) is 0 Å². The van der Waals surface area contributed by atoms with Crippen molar-refractivity contribution in [3.05, 3.63) is 59.2 Å². The van der Waals surface area contributed by atoms with E-state index in [4.69, 9.17) is 14.2 Å².